The second kappa shape index (κ2) is 4.64. The van der Waals surface area contributed by atoms with Crippen molar-refractivity contribution in [3.63, 3.8) is 0 Å². The third-order valence-corrected chi connectivity index (χ3v) is 2.58. The molecular weight excluding hydrogens is 146 g/mol. The molecule has 0 fully saturated rings. The molecule has 1 nitrogen and oxygen atoms in total. The van der Waals surface area contributed by atoms with Crippen LogP contribution in [0.4, 0.5) is 0 Å². The summed E-state index contributed by atoms with van der Waals surface area (Å²) >= 11 is 0. The molecule has 0 saturated carbocycles. The van der Waals surface area contributed by atoms with Crippen LogP contribution in [0.15, 0.2) is 0 Å². The normalized spacial score (nSPS) is 30.1. The van der Waals surface area contributed by atoms with Crippen molar-refractivity contribution < 1.29 is 4.58 Å². The van der Waals surface area contributed by atoms with Gasteiger partial charge in [-0.3, -0.25) is 0 Å². The van der Waals surface area contributed by atoms with E-state index in [4.69, 9.17) is 0 Å². The van der Waals surface area contributed by atoms with Gasteiger partial charge in [0.25, 0.3) is 0 Å². The summed E-state index contributed by atoms with van der Waals surface area (Å²) in [7, 11) is 0. The first-order valence-electron chi connectivity index (χ1n) is 5.31. The van der Waals surface area contributed by atoms with Crippen molar-refractivity contribution in [2.24, 2.45) is 11.8 Å². The molecule has 1 rings (SSSR count). The minimum Gasteiger partial charge on any atom is -0.239 e. The van der Waals surface area contributed by atoms with Gasteiger partial charge in [-0.1, -0.05) is 27.2 Å². The maximum atomic E-state index is 2.52. The molecule has 0 aromatic heterocycles. The predicted octanol–water partition coefficient (Wildman–Crippen LogP) is 2.55. The van der Waals surface area contributed by atoms with E-state index in [1.165, 1.54) is 32.4 Å². The summed E-state index contributed by atoms with van der Waals surface area (Å²) in [5.41, 5.74) is 0. The molecule has 0 unspecified atom stereocenters. The molecular formula is C11H22N+. The van der Waals surface area contributed by atoms with Crippen molar-refractivity contribution in [2.45, 2.75) is 40.0 Å². The molecule has 0 aromatic carbocycles. The standard InChI is InChI=1S/C11H22N/c1-4-5-6-12-8-10(2)7-11(3)9-12/h8,10-11H,4-7,9H2,1-3H3/q+1/t10-,11+/m1/s1. The van der Waals surface area contributed by atoms with E-state index in [1.54, 1.807) is 0 Å². The first-order chi connectivity index (χ1) is 5.72. The fourth-order valence-electron chi connectivity index (χ4n) is 2.12. The van der Waals surface area contributed by atoms with Gasteiger partial charge in [0, 0.05) is 18.3 Å². The van der Waals surface area contributed by atoms with E-state index < -0.39 is 0 Å². The van der Waals surface area contributed by atoms with E-state index in [0.717, 1.165) is 11.8 Å². The summed E-state index contributed by atoms with van der Waals surface area (Å²) in [6.07, 6.45) is 6.46. The lowest BCUT2D eigenvalue weighted by molar-refractivity contribution is -0.537. The van der Waals surface area contributed by atoms with Crippen LogP contribution in [0.2, 0.25) is 0 Å². The van der Waals surface area contributed by atoms with Gasteiger partial charge >= 0.3 is 0 Å². The molecule has 0 amide bonds. The van der Waals surface area contributed by atoms with E-state index in [-0.39, 0.29) is 0 Å². The molecule has 0 spiro atoms. The molecule has 0 aliphatic carbocycles. The third kappa shape index (κ3) is 2.96. The Morgan fingerprint density at radius 3 is 2.75 bits per heavy atom. The molecule has 1 heteroatoms. The molecule has 12 heavy (non-hydrogen) atoms. The van der Waals surface area contributed by atoms with Crippen molar-refractivity contribution in [1.29, 1.82) is 0 Å². The van der Waals surface area contributed by atoms with Crippen molar-refractivity contribution in [3.05, 3.63) is 0 Å². The van der Waals surface area contributed by atoms with Gasteiger partial charge in [-0.05, 0) is 6.42 Å². The summed E-state index contributed by atoms with van der Waals surface area (Å²) < 4.78 is 2.52. The molecule has 1 aliphatic rings. The van der Waals surface area contributed by atoms with Crippen LogP contribution in [-0.4, -0.2) is 23.9 Å². The van der Waals surface area contributed by atoms with E-state index in [0.29, 0.717) is 0 Å². The molecule has 0 radical (unpaired) electrons. The van der Waals surface area contributed by atoms with Gasteiger partial charge in [-0.2, -0.15) is 0 Å². The number of hydrogen-bond donors (Lipinski definition) is 0. The Morgan fingerprint density at radius 2 is 2.17 bits per heavy atom. The van der Waals surface area contributed by atoms with Gasteiger partial charge < -0.3 is 0 Å². The van der Waals surface area contributed by atoms with Crippen molar-refractivity contribution in [1.82, 2.24) is 0 Å². The van der Waals surface area contributed by atoms with Crippen LogP contribution in [0, 0.1) is 11.8 Å². The highest BCUT2D eigenvalue weighted by molar-refractivity contribution is 5.55. The fourth-order valence-corrected chi connectivity index (χ4v) is 2.12. The Labute approximate surface area is 76.5 Å². The summed E-state index contributed by atoms with van der Waals surface area (Å²) in [4.78, 5) is 0. The number of unbranched alkanes of at least 4 members (excludes halogenated alkanes) is 1. The smallest absolute Gasteiger partial charge is 0.145 e. The van der Waals surface area contributed by atoms with Crippen LogP contribution in [0.5, 0.6) is 0 Å². The minimum absolute atomic E-state index is 0.797. The lowest BCUT2D eigenvalue weighted by atomic mass is 9.95. The van der Waals surface area contributed by atoms with Crippen LogP contribution < -0.4 is 0 Å². The molecule has 0 saturated heterocycles. The van der Waals surface area contributed by atoms with Gasteiger partial charge in [0.15, 0.2) is 0 Å². The number of nitrogens with zero attached hydrogens (tertiary/aromatic N) is 1. The maximum absolute atomic E-state index is 2.52. The summed E-state index contributed by atoms with van der Waals surface area (Å²) in [6, 6.07) is 0. The molecule has 0 aromatic rings. The topological polar surface area (TPSA) is 3.01 Å². The molecule has 1 heterocycles. The summed E-state index contributed by atoms with van der Waals surface area (Å²) in [6.45, 7) is 9.50. The van der Waals surface area contributed by atoms with Gasteiger partial charge in [0.2, 0.25) is 0 Å². The van der Waals surface area contributed by atoms with Gasteiger partial charge in [-0.25, -0.2) is 4.58 Å². The lowest BCUT2D eigenvalue weighted by Gasteiger charge is -2.18. The molecule has 70 valence electrons. The van der Waals surface area contributed by atoms with Crippen molar-refractivity contribution in [2.75, 3.05) is 13.1 Å². The van der Waals surface area contributed by atoms with Gasteiger partial charge in [-0.15, -0.1) is 0 Å². The Kier molecular flexibility index (Phi) is 3.77. The second-order valence-corrected chi connectivity index (χ2v) is 4.32. The van der Waals surface area contributed by atoms with Gasteiger partial charge in [0.1, 0.15) is 19.3 Å². The Bertz CT molecular complexity index is 160. The highest BCUT2D eigenvalue weighted by atomic mass is 15.0. The summed E-state index contributed by atoms with van der Waals surface area (Å²) in [5.74, 6) is 1.69. The monoisotopic (exact) mass is 168 g/mol. The van der Waals surface area contributed by atoms with Crippen LogP contribution in [0.1, 0.15) is 40.0 Å². The average Bonchev–Trinajstić information content (AvgIpc) is 1.99. The fraction of sp³-hybridized carbons (Fsp3) is 0.909. The van der Waals surface area contributed by atoms with E-state index in [2.05, 4.69) is 31.6 Å². The molecule has 0 bridgehead atoms. The maximum Gasteiger partial charge on any atom is 0.145 e. The average molecular weight is 168 g/mol. The largest absolute Gasteiger partial charge is 0.239 e. The van der Waals surface area contributed by atoms with Crippen LogP contribution >= 0.6 is 0 Å². The zero-order valence-corrected chi connectivity index (χ0v) is 8.71. The van der Waals surface area contributed by atoms with E-state index in [9.17, 15) is 0 Å². The van der Waals surface area contributed by atoms with Crippen LogP contribution in [0.25, 0.3) is 0 Å². The zero-order valence-electron chi connectivity index (χ0n) is 8.71. The molecule has 1 aliphatic heterocycles. The summed E-state index contributed by atoms with van der Waals surface area (Å²) in [5, 5.41) is 0. The molecule has 0 N–H and O–H groups in total. The third-order valence-electron chi connectivity index (χ3n) is 2.58. The first-order valence-corrected chi connectivity index (χ1v) is 5.31. The Balaban J connectivity index is 2.40. The zero-order chi connectivity index (χ0) is 8.97. The predicted molar refractivity (Wildman–Crippen MR) is 53.9 cm³/mol. The molecule has 2 atom stereocenters. The van der Waals surface area contributed by atoms with E-state index in [1.807, 2.05) is 0 Å². The van der Waals surface area contributed by atoms with Crippen LogP contribution in [0.3, 0.4) is 0 Å². The highest BCUT2D eigenvalue weighted by Gasteiger charge is 2.20. The quantitative estimate of drug-likeness (QED) is 0.570. The minimum atomic E-state index is 0.797. The lowest BCUT2D eigenvalue weighted by Crippen LogP contribution is -2.29. The number of rotatable bonds is 3. The first kappa shape index (κ1) is 9.76. The van der Waals surface area contributed by atoms with Crippen LogP contribution in [-0.2, 0) is 0 Å². The Hall–Kier alpha value is -0.330. The van der Waals surface area contributed by atoms with Crippen molar-refractivity contribution >= 4 is 6.21 Å². The SMILES string of the molecule is CCCC[N+]1=C[C@H](C)C[C@H](C)C1. The van der Waals surface area contributed by atoms with E-state index >= 15 is 0 Å². The highest BCUT2D eigenvalue weighted by Crippen LogP contribution is 2.15. The Morgan fingerprint density at radius 1 is 1.42 bits per heavy atom. The van der Waals surface area contributed by atoms with Gasteiger partial charge in [0.05, 0.1) is 0 Å². The van der Waals surface area contributed by atoms with Crippen molar-refractivity contribution in [3.8, 4) is 0 Å². The second-order valence-electron chi connectivity index (χ2n) is 4.32. The number of hydrogen-bond acceptors (Lipinski definition) is 0.